The van der Waals surface area contributed by atoms with E-state index in [0.29, 0.717) is 37.3 Å². The number of amides is 1. The van der Waals surface area contributed by atoms with Crippen LogP contribution in [0.4, 0.5) is 24.7 Å². The minimum absolute atomic E-state index is 0.0335. The number of hydrogen-bond donors (Lipinski definition) is 1. The van der Waals surface area contributed by atoms with E-state index in [2.05, 4.69) is 22.1 Å². The summed E-state index contributed by atoms with van der Waals surface area (Å²) in [5, 5.41) is 3.05. The lowest BCUT2D eigenvalue weighted by Gasteiger charge is -2.33. The first kappa shape index (κ1) is 21.0. The molecule has 5 nitrogen and oxygen atoms in total. The second-order valence-electron chi connectivity index (χ2n) is 7.20. The van der Waals surface area contributed by atoms with Crippen molar-refractivity contribution >= 4 is 17.4 Å². The van der Waals surface area contributed by atoms with Crippen LogP contribution in [-0.2, 0) is 6.18 Å². The van der Waals surface area contributed by atoms with Gasteiger partial charge in [-0.05, 0) is 56.2 Å². The van der Waals surface area contributed by atoms with Gasteiger partial charge in [0.05, 0.1) is 5.56 Å². The first-order chi connectivity index (χ1) is 13.8. The van der Waals surface area contributed by atoms with Crippen molar-refractivity contribution in [1.82, 2.24) is 10.3 Å². The zero-order valence-corrected chi connectivity index (χ0v) is 16.5. The Hall–Kier alpha value is -2.77. The number of halogens is 3. The van der Waals surface area contributed by atoms with Gasteiger partial charge in [-0.1, -0.05) is 0 Å². The summed E-state index contributed by atoms with van der Waals surface area (Å²) in [7, 11) is 1.99. The molecule has 0 saturated carbocycles. The lowest BCUT2D eigenvalue weighted by Crippen LogP contribution is -2.45. The quantitative estimate of drug-likeness (QED) is 0.817. The number of aromatic nitrogens is 1. The van der Waals surface area contributed by atoms with E-state index in [1.54, 1.807) is 0 Å². The fraction of sp³-hybridized carbons (Fsp3) is 0.429. The molecule has 0 radical (unpaired) electrons. The van der Waals surface area contributed by atoms with Gasteiger partial charge in [0.25, 0.3) is 5.91 Å². The van der Waals surface area contributed by atoms with Crippen molar-refractivity contribution in [2.75, 3.05) is 36.5 Å². The fourth-order valence-electron chi connectivity index (χ4n) is 3.31. The molecule has 1 N–H and O–H groups in total. The Kier molecular flexibility index (Phi) is 6.30. The van der Waals surface area contributed by atoms with Crippen LogP contribution in [0.15, 0.2) is 42.6 Å². The third kappa shape index (κ3) is 5.19. The summed E-state index contributed by atoms with van der Waals surface area (Å²) in [5.74, 6) is 0.417. The molecule has 2 heterocycles. The van der Waals surface area contributed by atoms with Crippen molar-refractivity contribution in [3.8, 4) is 0 Å². The maximum atomic E-state index is 12.7. The summed E-state index contributed by atoms with van der Waals surface area (Å²) in [5.41, 5.74) is 0.922. The number of carbonyl (C=O) groups excluding carboxylic acids is 1. The number of carbonyl (C=O) groups is 1. The molecule has 1 aliphatic heterocycles. The van der Waals surface area contributed by atoms with Crippen LogP contribution >= 0.6 is 0 Å². The fourth-order valence-corrected chi connectivity index (χ4v) is 3.31. The highest BCUT2D eigenvalue weighted by atomic mass is 19.4. The van der Waals surface area contributed by atoms with E-state index in [0.717, 1.165) is 24.5 Å². The van der Waals surface area contributed by atoms with Crippen molar-refractivity contribution < 1.29 is 18.0 Å². The Morgan fingerprint density at radius 1 is 1.17 bits per heavy atom. The van der Waals surface area contributed by atoms with E-state index in [4.69, 9.17) is 0 Å². The van der Waals surface area contributed by atoms with Crippen LogP contribution in [0.1, 0.15) is 35.7 Å². The van der Waals surface area contributed by atoms with Crippen molar-refractivity contribution in [3.63, 3.8) is 0 Å². The molecule has 0 unspecified atom stereocenters. The number of piperidine rings is 1. The second kappa shape index (κ2) is 8.71. The van der Waals surface area contributed by atoms with Crippen LogP contribution in [0, 0.1) is 0 Å². The topological polar surface area (TPSA) is 48.5 Å². The second-order valence-corrected chi connectivity index (χ2v) is 7.20. The normalized spacial score (nSPS) is 15.3. The Morgan fingerprint density at radius 3 is 2.34 bits per heavy atom. The molecule has 1 saturated heterocycles. The average molecular weight is 406 g/mol. The number of nitrogens with one attached hydrogen (secondary N) is 1. The van der Waals surface area contributed by atoms with Gasteiger partial charge in [0.15, 0.2) is 0 Å². The Balaban J connectivity index is 1.52. The van der Waals surface area contributed by atoms with Gasteiger partial charge in [0.2, 0.25) is 0 Å². The minimum atomic E-state index is -4.38. The van der Waals surface area contributed by atoms with Crippen LogP contribution in [0.25, 0.3) is 0 Å². The Bertz CT molecular complexity index is 813. The standard InChI is InChI=1S/C21H25F3N4O/c1-3-27(2)18-7-4-15(5-8-18)20(29)26-17-10-12-28(13-11-17)19-9-6-16(14-25-19)21(22,23)24/h4-9,14,17H,3,10-13H2,1-2H3,(H,26,29). The first-order valence-electron chi connectivity index (χ1n) is 9.68. The largest absolute Gasteiger partial charge is 0.417 e. The molecule has 1 aromatic heterocycles. The van der Waals surface area contributed by atoms with E-state index in [-0.39, 0.29) is 11.9 Å². The number of rotatable bonds is 5. The zero-order chi connectivity index (χ0) is 21.0. The van der Waals surface area contributed by atoms with E-state index in [9.17, 15) is 18.0 Å². The summed E-state index contributed by atoms with van der Waals surface area (Å²) in [6.45, 7) is 4.21. The number of alkyl halides is 3. The monoisotopic (exact) mass is 406 g/mol. The minimum Gasteiger partial charge on any atom is -0.375 e. The van der Waals surface area contributed by atoms with Gasteiger partial charge in [-0.2, -0.15) is 13.2 Å². The third-order valence-corrected chi connectivity index (χ3v) is 5.27. The predicted molar refractivity (Wildman–Crippen MR) is 107 cm³/mol. The SMILES string of the molecule is CCN(C)c1ccc(C(=O)NC2CCN(c3ccc(C(F)(F)F)cn3)CC2)cc1. The average Bonchev–Trinajstić information content (AvgIpc) is 2.73. The molecule has 156 valence electrons. The molecule has 0 bridgehead atoms. The maximum absolute atomic E-state index is 12.7. The molecule has 8 heteroatoms. The lowest BCUT2D eigenvalue weighted by atomic mass is 10.0. The van der Waals surface area contributed by atoms with E-state index >= 15 is 0 Å². The summed E-state index contributed by atoms with van der Waals surface area (Å²) in [6.07, 6.45) is -2.09. The maximum Gasteiger partial charge on any atom is 0.417 e. The van der Waals surface area contributed by atoms with Gasteiger partial charge in [-0.15, -0.1) is 0 Å². The van der Waals surface area contributed by atoms with Crippen LogP contribution in [-0.4, -0.2) is 43.6 Å². The van der Waals surface area contributed by atoms with Gasteiger partial charge < -0.3 is 15.1 Å². The van der Waals surface area contributed by atoms with Crippen molar-refractivity contribution in [3.05, 3.63) is 53.7 Å². The summed E-state index contributed by atoms with van der Waals surface area (Å²) >= 11 is 0. The smallest absolute Gasteiger partial charge is 0.375 e. The van der Waals surface area contributed by atoms with Crippen molar-refractivity contribution in [1.29, 1.82) is 0 Å². The first-order valence-corrected chi connectivity index (χ1v) is 9.68. The Labute approximate surface area is 168 Å². The molecule has 1 aliphatic rings. The van der Waals surface area contributed by atoms with Gasteiger partial charge in [0.1, 0.15) is 5.82 Å². The number of hydrogen-bond acceptors (Lipinski definition) is 4. The molecule has 1 amide bonds. The molecule has 1 aromatic carbocycles. The molecular weight excluding hydrogens is 381 g/mol. The van der Waals surface area contributed by atoms with Crippen molar-refractivity contribution in [2.45, 2.75) is 32.0 Å². The molecule has 1 fully saturated rings. The number of nitrogens with zero attached hydrogens (tertiary/aromatic N) is 3. The number of anilines is 2. The van der Waals surface area contributed by atoms with Gasteiger partial charge >= 0.3 is 6.18 Å². The highest BCUT2D eigenvalue weighted by molar-refractivity contribution is 5.94. The van der Waals surface area contributed by atoms with Gasteiger partial charge in [0, 0.05) is 50.2 Å². The number of pyridine rings is 1. The zero-order valence-electron chi connectivity index (χ0n) is 16.5. The van der Waals surface area contributed by atoms with Crippen LogP contribution in [0.2, 0.25) is 0 Å². The van der Waals surface area contributed by atoms with Gasteiger partial charge in [-0.25, -0.2) is 4.98 Å². The van der Waals surface area contributed by atoms with Crippen molar-refractivity contribution in [2.24, 2.45) is 0 Å². The van der Waals surface area contributed by atoms with Gasteiger partial charge in [-0.3, -0.25) is 4.79 Å². The van der Waals surface area contributed by atoms with Crippen LogP contribution < -0.4 is 15.1 Å². The molecule has 0 aliphatic carbocycles. The molecule has 29 heavy (non-hydrogen) atoms. The molecular formula is C21H25F3N4O. The molecule has 3 rings (SSSR count). The molecule has 0 spiro atoms. The highest BCUT2D eigenvalue weighted by Crippen LogP contribution is 2.29. The molecule has 2 aromatic rings. The van der Waals surface area contributed by atoms with E-state index < -0.39 is 11.7 Å². The lowest BCUT2D eigenvalue weighted by molar-refractivity contribution is -0.137. The molecule has 0 atom stereocenters. The number of benzene rings is 1. The van der Waals surface area contributed by atoms with Crippen LogP contribution in [0.5, 0.6) is 0 Å². The predicted octanol–water partition coefficient (Wildman–Crippen LogP) is 3.96. The van der Waals surface area contributed by atoms with Crippen LogP contribution in [0.3, 0.4) is 0 Å². The summed E-state index contributed by atoms with van der Waals surface area (Å²) < 4.78 is 38.0. The van der Waals surface area contributed by atoms with E-state index in [1.165, 1.54) is 6.07 Å². The third-order valence-electron chi connectivity index (χ3n) is 5.27. The highest BCUT2D eigenvalue weighted by Gasteiger charge is 2.31. The Morgan fingerprint density at radius 2 is 1.83 bits per heavy atom. The summed E-state index contributed by atoms with van der Waals surface area (Å²) in [6, 6.07) is 9.98. The summed E-state index contributed by atoms with van der Waals surface area (Å²) in [4.78, 5) is 20.5. The van der Waals surface area contributed by atoms with E-state index in [1.807, 2.05) is 36.2 Å².